The van der Waals surface area contributed by atoms with Crippen LogP contribution in [0, 0.1) is 0 Å². The molecule has 0 saturated carbocycles. The summed E-state index contributed by atoms with van der Waals surface area (Å²) < 4.78 is 6.46. The third-order valence-electron chi connectivity index (χ3n) is 3.44. The first-order valence-corrected chi connectivity index (χ1v) is 6.49. The topological polar surface area (TPSA) is 71.7 Å². The van der Waals surface area contributed by atoms with E-state index in [0.717, 1.165) is 42.9 Å². The Kier molecular flexibility index (Phi) is 3.83. The van der Waals surface area contributed by atoms with E-state index >= 15 is 0 Å². The van der Waals surface area contributed by atoms with E-state index in [1.54, 1.807) is 6.92 Å². The van der Waals surface area contributed by atoms with Crippen molar-refractivity contribution >= 4 is 5.97 Å². The Bertz CT molecular complexity index is 475. The van der Waals surface area contributed by atoms with Gasteiger partial charge in [0.25, 0.3) is 0 Å². The summed E-state index contributed by atoms with van der Waals surface area (Å²) >= 11 is 0. The molecule has 1 aromatic rings. The van der Waals surface area contributed by atoms with Crippen LogP contribution in [0.3, 0.4) is 0 Å². The van der Waals surface area contributed by atoms with Gasteiger partial charge in [-0.05, 0) is 32.6 Å². The fourth-order valence-electron chi connectivity index (χ4n) is 2.54. The third kappa shape index (κ3) is 2.59. The highest BCUT2D eigenvalue weighted by molar-refractivity contribution is 5.81. The van der Waals surface area contributed by atoms with Crippen LogP contribution in [0.4, 0.5) is 0 Å². The zero-order valence-electron chi connectivity index (χ0n) is 11.1. The lowest BCUT2D eigenvalue weighted by Crippen LogP contribution is -2.19. The summed E-state index contributed by atoms with van der Waals surface area (Å²) in [6, 6.07) is 0. The number of hydrogen-bond acceptors (Lipinski definition) is 4. The molecule has 1 heterocycles. The van der Waals surface area contributed by atoms with Crippen LogP contribution in [0.25, 0.3) is 0 Å². The van der Waals surface area contributed by atoms with Gasteiger partial charge in [0.05, 0.1) is 6.54 Å². The zero-order valence-corrected chi connectivity index (χ0v) is 11.1. The molecule has 104 valence electrons. The lowest BCUT2D eigenvalue weighted by Gasteiger charge is -2.14. The maximum atomic E-state index is 11.1. The van der Waals surface area contributed by atoms with Gasteiger partial charge >= 0.3 is 5.97 Å². The average molecular weight is 265 g/mol. The number of aromatic hydroxyl groups is 2. The first-order chi connectivity index (χ1) is 9.04. The molecule has 0 amide bonds. The maximum Gasteiger partial charge on any atom is 0.330 e. The maximum absolute atomic E-state index is 11.1. The number of aromatic nitrogens is 1. The molecule has 1 aliphatic rings. The molecule has 0 aliphatic heterocycles. The van der Waals surface area contributed by atoms with Gasteiger partial charge in [-0.15, -0.1) is 0 Å². The van der Waals surface area contributed by atoms with Crippen molar-refractivity contribution in [3.05, 3.63) is 23.8 Å². The zero-order chi connectivity index (χ0) is 14.0. The number of esters is 1. The van der Waals surface area contributed by atoms with Crippen molar-refractivity contribution in [2.24, 2.45) is 0 Å². The van der Waals surface area contributed by atoms with Gasteiger partial charge in [-0.3, -0.25) is 4.57 Å². The molecule has 0 radical (unpaired) electrons. The lowest BCUT2D eigenvalue weighted by molar-refractivity contribution is -0.142. The molecule has 0 aromatic carbocycles. The summed E-state index contributed by atoms with van der Waals surface area (Å²) in [6.07, 6.45) is 4.24. The minimum Gasteiger partial charge on any atom is -0.494 e. The van der Waals surface area contributed by atoms with Crippen molar-refractivity contribution < 1.29 is 19.7 Å². The summed E-state index contributed by atoms with van der Waals surface area (Å²) in [5, 5.41) is 20.3. The second kappa shape index (κ2) is 5.38. The molecule has 0 fully saturated rings. The molecule has 2 rings (SSSR count). The van der Waals surface area contributed by atoms with Crippen LogP contribution in [0.1, 0.15) is 30.9 Å². The molecule has 1 aromatic heterocycles. The molecule has 0 spiro atoms. The number of ether oxygens (including phenoxy) is 1. The van der Waals surface area contributed by atoms with Gasteiger partial charge < -0.3 is 14.9 Å². The molecule has 0 saturated heterocycles. The SMILES string of the molecule is C=CC(=O)OC(C)Cn1c(O)c2c(c1O)CCCC2. The molecule has 0 bridgehead atoms. The number of rotatable bonds is 4. The van der Waals surface area contributed by atoms with E-state index in [-0.39, 0.29) is 18.3 Å². The van der Waals surface area contributed by atoms with Crippen LogP contribution in [0.5, 0.6) is 11.8 Å². The number of fused-ring (bicyclic) bond motifs is 1. The Morgan fingerprint density at radius 2 is 1.89 bits per heavy atom. The largest absolute Gasteiger partial charge is 0.494 e. The van der Waals surface area contributed by atoms with Gasteiger partial charge in [0.2, 0.25) is 0 Å². The number of nitrogens with zero attached hydrogens (tertiary/aromatic N) is 1. The van der Waals surface area contributed by atoms with Crippen molar-refractivity contribution in [3.8, 4) is 11.8 Å². The van der Waals surface area contributed by atoms with Crippen LogP contribution in [-0.2, 0) is 28.9 Å². The molecular formula is C14H19NO4. The summed E-state index contributed by atoms with van der Waals surface area (Å²) in [6.45, 7) is 5.26. The lowest BCUT2D eigenvalue weighted by atomic mass is 9.95. The van der Waals surface area contributed by atoms with Gasteiger partial charge in [-0.25, -0.2) is 4.79 Å². The number of hydrogen-bond donors (Lipinski definition) is 2. The third-order valence-corrected chi connectivity index (χ3v) is 3.44. The van der Waals surface area contributed by atoms with E-state index in [2.05, 4.69) is 6.58 Å². The van der Waals surface area contributed by atoms with Gasteiger partial charge in [-0.1, -0.05) is 6.58 Å². The van der Waals surface area contributed by atoms with Gasteiger partial charge in [0, 0.05) is 17.2 Å². The fraction of sp³-hybridized carbons (Fsp3) is 0.500. The number of carbonyl (C=O) groups excluding carboxylic acids is 1. The smallest absolute Gasteiger partial charge is 0.330 e. The van der Waals surface area contributed by atoms with E-state index in [0.29, 0.717) is 0 Å². The summed E-state index contributed by atoms with van der Waals surface area (Å²) in [5.74, 6) is -0.328. The van der Waals surface area contributed by atoms with Crippen molar-refractivity contribution in [3.63, 3.8) is 0 Å². The van der Waals surface area contributed by atoms with Crippen molar-refractivity contribution in [1.29, 1.82) is 0 Å². The highest BCUT2D eigenvalue weighted by Crippen LogP contribution is 2.38. The molecule has 5 nitrogen and oxygen atoms in total. The van der Waals surface area contributed by atoms with Gasteiger partial charge in [0.1, 0.15) is 6.10 Å². The predicted octanol–water partition coefficient (Wildman–Crippen LogP) is 1.90. The van der Waals surface area contributed by atoms with Crippen molar-refractivity contribution in [1.82, 2.24) is 4.57 Å². The van der Waals surface area contributed by atoms with Crippen molar-refractivity contribution in [2.75, 3.05) is 0 Å². The molecule has 19 heavy (non-hydrogen) atoms. The van der Waals surface area contributed by atoms with Gasteiger partial charge in [0.15, 0.2) is 11.8 Å². The van der Waals surface area contributed by atoms with E-state index in [4.69, 9.17) is 4.74 Å². The second-order valence-corrected chi connectivity index (χ2v) is 4.87. The summed E-state index contributed by atoms with van der Waals surface area (Å²) in [4.78, 5) is 11.1. The number of carbonyl (C=O) groups is 1. The molecule has 1 atom stereocenters. The highest BCUT2D eigenvalue weighted by atomic mass is 16.5. The summed E-state index contributed by atoms with van der Waals surface area (Å²) in [7, 11) is 0. The Balaban J connectivity index is 2.18. The van der Waals surface area contributed by atoms with Crippen LogP contribution in [0.15, 0.2) is 12.7 Å². The Hall–Kier alpha value is -1.91. The monoisotopic (exact) mass is 265 g/mol. The highest BCUT2D eigenvalue weighted by Gasteiger charge is 2.25. The van der Waals surface area contributed by atoms with E-state index in [1.165, 1.54) is 4.57 Å². The quantitative estimate of drug-likeness (QED) is 0.644. The van der Waals surface area contributed by atoms with E-state index in [9.17, 15) is 15.0 Å². The Labute approximate surface area is 112 Å². The first-order valence-electron chi connectivity index (χ1n) is 6.49. The first kappa shape index (κ1) is 13.5. The average Bonchev–Trinajstić information content (AvgIpc) is 2.64. The Morgan fingerprint density at radius 1 is 1.37 bits per heavy atom. The van der Waals surface area contributed by atoms with Crippen LogP contribution < -0.4 is 0 Å². The van der Waals surface area contributed by atoms with Gasteiger partial charge in [-0.2, -0.15) is 0 Å². The van der Waals surface area contributed by atoms with Crippen LogP contribution >= 0.6 is 0 Å². The normalized spacial score (nSPS) is 15.6. The van der Waals surface area contributed by atoms with E-state index < -0.39 is 12.1 Å². The molecule has 1 aliphatic carbocycles. The minimum atomic E-state index is -0.511. The van der Waals surface area contributed by atoms with Crippen LogP contribution in [-0.4, -0.2) is 26.9 Å². The van der Waals surface area contributed by atoms with E-state index in [1.807, 2.05) is 0 Å². The summed E-state index contributed by atoms with van der Waals surface area (Å²) in [5.41, 5.74) is 1.65. The molecule has 5 heteroatoms. The molecule has 2 N–H and O–H groups in total. The Morgan fingerprint density at radius 3 is 2.37 bits per heavy atom. The predicted molar refractivity (Wildman–Crippen MR) is 70.2 cm³/mol. The molecule has 1 unspecified atom stereocenters. The second-order valence-electron chi connectivity index (χ2n) is 4.87. The fourth-order valence-corrected chi connectivity index (χ4v) is 2.54. The van der Waals surface area contributed by atoms with Crippen molar-refractivity contribution in [2.45, 2.75) is 45.3 Å². The standard InChI is InChI=1S/C14H19NO4/c1-3-12(16)19-9(2)8-15-13(17)10-6-4-5-7-11(10)14(15)18/h3,9,17-18H,1,4-8H2,2H3. The minimum absolute atomic E-state index is 0.0914. The molecular weight excluding hydrogens is 246 g/mol. The van der Waals surface area contributed by atoms with Crippen LogP contribution in [0.2, 0.25) is 0 Å².